The molecule has 0 spiro atoms. The van der Waals surface area contributed by atoms with E-state index in [0.717, 1.165) is 12.1 Å². The first-order valence-electron chi connectivity index (χ1n) is 5.28. The summed E-state index contributed by atoms with van der Waals surface area (Å²) in [6.07, 6.45) is 4.08. The van der Waals surface area contributed by atoms with Crippen LogP contribution < -0.4 is 0 Å². The molecule has 78 valence electrons. The van der Waals surface area contributed by atoms with Gasteiger partial charge in [0.1, 0.15) is 0 Å². The normalized spacial score (nSPS) is 18.6. The van der Waals surface area contributed by atoms with Crippen molar-refractivity contribution in [3.8, 4) is 0 Å². The zero-order valence-electron chi connectivity index (χ0n) is 8.41. The van der Waals surface area contributed by atoms with E-state index in [9.17, 15) is 0 Å². The van der Waals surface area contributed by atoms with E-state index >= 15 is 0 Å². The SMILES string of the molecule is OCc1csc(CN2CCCCC2)c1. The Kier molecular flexibility index (Phi) is 3.56. The Labute approximate surface area is 89.2 Å². The van der Waals surface area contributed by atoms with Crippen LogP contribution in [0.15, 0.2) is 11.4 Å². The fourth-order valence-corrected chi connectivity index (χ4v) is 2.85. The number of likely N-dealkylation sites (tertiary alicyclic amines) is 1. The summed E-state index contributed by atoms with van der Waals surface area (Å²) in [6, 6.07) is 2.12. The Balaban J connectivity index is 1.89. The van der Waals surface area contributed by atoms with Gasteiger partial charge < -0.3 is 5.11 Å². The van der Waals surface area contributed by atoms with Crippen LogP contribution in [-0.2, 0) is 13.2 Å². The first-order valence-corrected chi connectivity index (χ1v) is 6.16. The standard InChI is InChI=1S/C11H17NOS/c13-8-10-6-11(14-9-10)7-12-4-2-1-3-5-12/h6,9,13H,1-5,7-8H2. The third-order valence-corrected chi connectivity index (χ3v) is 3.69. The minimum Gasteiger partial charge on any atom is -0.392 e. The molecule has 3 heteroatoms. The first kappa shape index (κ1) is 10.1. The molecular weight excluding hydrogens is 194 g/mol. The molecule has 1 aliphatic heterocycles. The average molecular weight is 211 g/mol. The van der Waals surface area contributed by atoms with Gasteiger partial charge in [-0.15, -0.1) is 11.3 Å². The van der Waals surface area contributed by atoms with Crippen LogP contribution in [-0.4, -0.2) is 23.1 Å². The fourth-order valence-electron chi connectivity index (χ4n) is 1.93. The number of piperidine rings is 1. The van der Waals surface area contributed by atoms with Crippen molar-refractivity contribution in [3.05, 3.63) is 21.9 Å². The third kappa shape index (κ3) is 2.56. The Hall–Kier alpha value is -0.380. The molecule has 0 atom stereocenters. The van der Waals surface area contributed by atoms with Gasteiger partial charge in [0.05, 0.1) is 6.61 Å². The first-order chi connectivity index (χ1) is 6.88. The molecule has 1 fully saturated rings. The maximum atomic E-state index is 8.95. The molecule has 0 saturated carbocycles. The Morgan fingerprint density at radius 1 is 1.29 bits per heavy atom. The van der Waals surface area contributed by atoms with Crippen molar-refractivity contribution in [2.75, 3.05) is 13.1 Å². The highest BCUT2D eigenvalue weighted by Crippen LogP contribution is 2.19. The molecule has 0 bridgehead atoms. The summed E-state index contributed by atoms with van der Waals surface area (Å²) in [7, 11) is 0. The monoisotopic (exact) mass is 211 g/mol. The minimum absolute atomic E-state index is 0.177. The lowest BCUT2D eigenvalue weighted by Crippen LogP contribution is -2.28. The summed E-state index contributed by atoms with van der Waals surface area (Å²) in [5.74, 6) is 0. The largest absolute Gasteiger partial charge is 0.392 e. The van der Waals surface area contributed by atoms with Crippen LogP contribution in [0.4, 0.5) is 0 Å². The van der Waals surface area contributed by atoms with E-state index in [1.807, 2.05) is 0 Å². The van der Waals surface area contributed by atoms with E-state index in [-0.39, 0.29) is 6.61 Å². The third-order valence-electron chi connectivity index (χ3n) is 2.72. The number of hydrogen-bond donors (Lipinski definition) is 1. The van der Waals surface area contributed by atoms with Crippen LogP contribution in [0.2, 0.25) is 0 Å². The van der Waals surface area contributed by atoms with Gasteiger partial charge in [-0.25, -0.2) is 0 Å². The van der Waals surface area contributed by atoms with Gasteiger partial charge >= 0.3 is 0 Å². The summed E-state index contributed by atoms with van der Waals surface area (Å²) in [4.78, 5) is 3.90. The Morgan fingerprint density at radius 3 is 2.71 bits per heavy atom. The van der Waals surface area contributed by atoms with Gasteiger partial charge in [0.15, 0.2) is 0 Å². The minimum atomic E-state index is 0.177. The van der Waals surface area contributed by atoms with Gasteiger partial charge in [0.25, 0.3) is 0 Å². The zero-order chi connectivity index (χ0) is 9.80. The summed E-state index contributed by atoms with van der Waals surface area (Å²) in [5.41, 5.74) is 1.06. The second-order valence-electron chi connectivity index (χ2n) is 3.92. The van der Waals surface area contributed by atoms with E-state index in [0.29, 0.717) is 0 Å². The highest BCUT2D eigenvalue weighted by Gasteiger charge is 2.11. The molecule has 2 rings (SSSR count). The predicted molar refractivity (Wildman–Crippen MR) is 59.4 cm³/mol. The topological polar surface area (TPSA) is 23.5 Å². The molecule has 1 aromatic heterocycles. The van der Waals surface area contributed by atoms with Crippen LogP contribution in [0.25, 0.3) is 0 Å². The smallest absolute Gasteiger partial charge is 0.0690 e. The maximum absolute atomic E-state index is 8.95. The van der Waals surface area contributed by atoms with Crippen molar-refractivity contribution >= 4 is 11.3 Å². The summed E-state index contributed by atoms with van der Waals surface area (Å²) < 4.78 is 0. The number of hydrogen-bond acceptors (Lipinski definition) is 3. The molecule has 0 aromatic carbocycles. The van der Waals surface area contributed by atoms with Gasteiger partial charge in [-0.1, -0.05) is 6.42 Å². The van der Waals surface area contributed by atoms with Gasteiger partial charge in [-0.2, -0.15) is 0 Å². The van der Waals surface area contributed by atoms with E-state index in [1.165, 1.54) is 37.2 Å². The van der Waals surface area contributed by atoms with Crippen molar-refractivity contribution < 1.29 is 5.11 Å². The number of aliphatic hydroxyl groups excluding tert-OH is 1. The number of rotatable bonds is 3. The Bertz CT molecular complexity index is 279. The lowest BCUT2D eigenvalue weighted by Gasteiger charge is -2.25. The van der Waals surface area contributed by atoms with E-state index in [2.05, 4.69) is 16.3 Å². The molecule has 0 radical (unpaired) electrons. The number of aliphatic hydroxyl groups is 1. The zero-order valence-corrected chi connectivity index (χ0v) is 9.22. The second-order valence-corrected chi connectivity index (χ2v) is 4.91. The van der Waals surface area contributed by atoms with E-state index in [1.54, 1.807) is 11.3 Å². The lowest BCUT2D eigenvalue weighted by molar-refractivity contribution is 0.222. The predicted octanol–water partition coefficient (Wildman–Crippen LogP) is 2.23. The van der Waals surface area contributed by atoms with E-state index < -0.39 is 0 Å². The quantitative estimate of drug-likeness (QED) is 0.828. The number of thiophene rings is 1. The summed E-state index contributed by atoms with van der Waals surface area (Å²) in [5, 5.41) is 11.0. The van der Waals surface area contributed by atoms with Crippen LogP contribution in [0, 0.1) is 0 Å². The molecular formula is C11H17NOS. The molecule has 1 aromatic rings. The van der Waals surface area contributed by atoms with Crippen LogP contribution >= 0.6 is 11.3 Å². The van der Waals surface area contributed by atoms with Crippen molar-refractivity contribution in [1.82, 2.24) is 4.90 Å². The highest BCUT2D eigenvalue weighted by molar-refractivity contribution is 7.10. The molecule has 14 heavy (non-hydrogen) atoms. The molecule has 0 unspecified atom stereocenters. The van der Waals surface area contributed by atoms with Crippen molar-refractivity contribution in [1.29, 1.82) is 0 Å². The summed E-state index contributed by atoms with van der Waals surface area (Å²) >= 11 is 1.77. The average Bonchev–Trinajstić information content (AvgIpc) is 2.67. The van der Waals surface area contributed by atoms with Crippen molar-refractivity contribution in [3.63, 3.8) is 0 Å². The molecule has 1 saturated heterocycles. The van der Waals surface area contributed by atoms with Crippen molar-refractivity contribution in [2.45, 2.75) is 32.4 Å². The van der Waals surface area contributed by atoms with Gasteiger partial charge in [-0.3, -0.25) is 4.90 Å². The van der Waals surface area contributed by atoms with Gasteiger partial charge in [0.2, 0.25) is 0 Å². The van der Waals surface area contributed by atoms with Crippen LogP contribution in [0.5, 0.6) is 0 Å². The molecule has 1 aliphatic rings. The molecule has 0 amide bonds. The molecule has 2 nitrogen and oxygen atoms in total. The van der Waals surface area contributed by atoms with Crippen molar-refractivity contribution in [2.24, 2.45) is 0 Å². The molecule has 2 heterocycles. The second kappa shape index (κ2) is 4.91. The molecule has 0 aliphatic carbocycles. The maximum Gasteiger partial charge on any atom is 0.0690 e. The Morgan fingerprint density at radius 2 is 2.07 bits per heavy atom. The highest BCUT2D eigenvalue weighted by atomic mass is 32.1. The van der Waals surface area contributed by atoms with Gasteiger partial charge in [0, 0.05) is 11.4 Å². The van der Waals surface area contributed by atoms with Gasteiger partial charge in [-0.05, 0) is 42.9 Å². The molecule has 1 N–H and O–H groups in total. The number of nitrogens with zero attached hydrogens (tertiary/aromatic N) is 1. The van der Waals surface area contributed by atoms with Crippen LogP contribution in [0.1, 0.15) is 29.7 Å². The summed E-state index contributed by atoms with van der Waals surface area (Å²) in [6.45, 7) is 3.74. The fraction of sp³-hybridized carbons (Fsp3) is 0.636. The lowest BCUT2D eigenvalue weighted by atomic mass is 10.1. The van der Waals surface area contributed by atoms with Crippen LogP contribution in [0.3, 0.4) is 0 Å². The van der Waals surface area contributed by atoms with E-state index in [4.69, 9.17) is 5.11 Å².